The van der Waals surface area contributed by atoms with Gasteiger partial charge in [0.05, 0.1) is 17.3 Å². The molecule has 0 amide bonds. The first-order valence-corrected chi connectivity index (χ1v) is 6.39. The SMILES string of the molecule is O=C(c1nc2ccc(Cl)cc2[nH]c1=O)[C@@H](O)c1ccco1. The molecule has 2 N–H and O–H groups in total. The molecular formula is C14H9ClN2O4. The van der Waals surface area contributed by atoms with Crippen LogP contribution in [0.2, 0.25) is 5.02 Å². The van der Waals surface area contributed by atoms with E-state index in [4.69, 9.17) is 16.0 Å². The first kappa shape index (κ1) is 13.5. The van der Waals surface area contributed by atoms with Crippen molar-refractivity contribution in [3.63, 3.8) is 0 Å². The van der Waals surface area contributed by atoms with Crippen molar-refractivity contribution < 1.29 is 14.3 Å². The Morgan fingerprint density at radius 1 is 1.38 bits per heavy atom. The Morgan fingerprint density at radius 3 is 2.90 bits per heavy atom. The summed E-state index contributed by atoms with van der Waals surface area (Å²) in [7, 11) is 0. The number of aromatic amines is 1. The van der Waals surface area contributed by atoms with Gasteiger partial charge in [-0.25, -0.2) is 4.98 Å². The number of nitrogens with zero attached hydrogens (tertiary/aromatic N) is 1. The van der Waals surface area contributed by atoms with Gasteiger partial charge in [-0.05, 0) is 30.3 Å². The molecule has 3 rings (SSSR count). The molecule has 0 aliphatic heterocycles. The van der Waals surface area contributed by atoms with Crippen LogP contribution in [-0.4, -0.2) is 20.9 Å². The lowest BCUT2D eigenvalue weighted by molar-refractivity contribution is 0.0696. The van der Waals surface area contributed by atoms with E-state index in [1.807, 2.05) is 0 Å². The van der Waals surface area contributed by atoms with E-state index in [9.17, 15) is 14.7 Å². The largest absolute Gasteiger partial charge is 0.466 e. The molecule has 1 atom stereocenters. The van der Waals surface area contributed by atoms with Crippen LogP contribution in [-0.2, 0) is 0 Å². The number of hydrogen-bond acceptors (Lipinski definition) is 5. The number of hydrogen-bond donors (Lipinski definition) is 2. The van der Waals surface area contributed by atoms with Gasteiger partial charge in [-0.15, -0.1) is 0 Å². The number of halogens is 1. The molecular weight excluding hydrogens is 296 g/mol. The van der Waals surface area contributed by atoms with Crippen molar-refractivity contribution in [1.29, 1.82) is 0 Å². The number of Topliss-reactive ketones (excluding diaryl/α,β-unsaturated/α-hetero) is 1. The fraction of sp³-hybridized carbons (Fsp3) is 0.0714. The van der Waals surface area contributed by atoms with Crippen LogP contribution in [0, 0.1) is 0 Å². The third kappa shape index (κ3) is 2.46. The average molecular weight is 305 g/mol. The van der Waals surface area contributed by atoms with E-state index >= 15 is 0 Å². The van der Waals surface area contributed by atoms with E-state index in [2.05, 4.69) is 9.97 Å². The van der Waals surface area contributed by atoms with Gasteiger partial charge >= 0.3 is 0 Å². The maximum Gasteiger partial charge on any atom is 0.278 e. The summed E-state index contributed by atoms with van der Waals surface area (Å²) in [5.41, 5.74) is -0.264. The molecule has 0 spiro atoms. The van der Waals surface area contributed by atoms with Crippen molar-refractivity contribution in [2.45, 2.75) is 6.10 Å². The summed E-state index contributed by atoms with van der Waals surface area (Å²) in [5, 5.41) is 10.4. The fourth-order valence-electron chi connectivity index (χ4n) is 1.93. The Labute approximate surface area is 123 Å². The van der Waals surface area contributed by atoms with Gasteiger partial charge in [-0.1, -0.05) is 11.6 Å². The maximum absolute atomic E-state index is 12.2. The highest BCUT2D eigenvalue weighted by molar-refractivity contribution is 6.31. The lowest BCUT2D eigenvalue weighted by atomic mass is 10.1. The van der Waals surface area contributed by atoms with Crippen molar-refractivity contribution >= 4 is 28.4 Å². The summed E-state index contributed by atoms with van der Waals surface area (Å²) >= 11 is 5.82. The molecule has 0 aliphatic rings. The molecule has 0 saturated carbocycles. The number of aliphatic hydroxyl groups excluding tert-OH is 1. The van der Waals surface area contributed by atoms with Crippen LogP contribution in [0.3, 0.4) is 0 Å². The minimum atomic E-state index is -1.57. The van der Waals surface area contributed by atoms with Crippen LogP contribution in [0.15, 0.2) is 45.8 Å². The molecule has 2 aromatic heterocycles. The minimum Gasteiger partial charge on any atom is -0.466 e. The second-order valence-corrected chi connectivity index (χ2v) is 4.79. The van der Waals surface area contributed by atoms with Crippen LogP contribution in [0.25, 0.3) is 11.0 Å². The molecule has 106 valence electrons. The highest BCUT2D eigenvalue weighted by Crippen LogP contribution is 2.18. The molecule has 0 aliphatic carbocycles. The van der Waals surface area contributed by atoms with Gasteiger partial charge in [0.2, 0.25) is 5.78 Å². The van der Waals surface area contributed by atoms with E-state index in [0.29, 0.717) is 16.1 Å². The lowest BCUT2D eigenvalue weighted by Gasteiger charge is -2.06. The number of aliphatic hydroxyl groups is 1. The molecule has 0 saturated heterocycles. The normalized spacial score (nSPS) is 12.5. The molecule has 0 fully saturated rings. The van der Waals surface area contributed by atoms with E-state index in [1.165, 1.54) is 24.5 Å². The molecule has 2 heterocycles. The molecule has 6 nitrogen and oxygen atoms in total. The minimum absolute atomic E-state index is 0.0532. The van der Waals surface area contributed by atoms with Crippen molar-refractivity contribution in [3.05, 3.63) is 63.4 Å². The average Bonchev–Trinajstić information content (AvgIpc) is 2.99. The number of benzene rings is 1. The van der Waals surface area contributed by atoms with Crippen LogP contribution < -0.4 is 5.56 Å². The molecule has 0 bridgehead atoms. The molecule has 7 heteroatoms. The van der Waals surface area contributed by atoms with E-state index in [0.717, 1.165) is 0 Å². The number of rotatable bonds is 3. The molecule has 21 heavy (non-hydrogen) atoms. The van der Waals surface area contributed by atoms with E-state index in [1.54, 1.807) is 12.1 Å². The summed E-state index contributed by atoms with van der Waals surface area (Å²) in [4.78, 5) is 30.6. The zero-order chi connectivity index (χ0) is 15.0. The van der Waals surface area contributed by atoms with Gasteiger partial charge in [-0.3, -0.25) is 9.59 Å². The van der Waals surface area contributed by atoms with Crippen molar-refractivity contribution in [2.24, 2.45) is 0 Å². The Bertz CT molecular complexity index is 870. The Balaban J connectivity index is 2.08. The lowest BCUT2D eigenvalue weighted by Crippen LogP contribution is -2.24. The third-order valence-electron chi connectivity index (χ3n) is 2.95. The van der Waals surface area contributed by atoms with Crippen molar-refractivity contribution in [1.82, 2.24) is 9.97 Å². The van der Waals surface area contributed by atoms with Gasteiger partial charge in [0.1, 0.15) is 5.76 Å². The first-order chi connectivity index (χ1) is 10.1. The Hall–Kier alpha value is -2.44. The van der Waals surface area contributed by atoms with Crippen LogP contribution >= 0.6 is 11.6 Å². The summed E-state index contributed by atoms with van der Waals surface area (Å²) in [6, 6.07) is 7.67. The summed E-state index contributed by atoms with van der Waals surface area (Å²) in [5.74, 6) is -0.777. The maximum atomic E-state index is 12.2. The number of ketones is 1. The second-order valence-electron chi connectivity index (χ2n) is 4.36. The number of fused-ring (bicyclic) bond motifs is 1. The molecule has 1 aromatic carbocycles. The van der Waals surface area contributed by atoms with Crippen LogP contribution in [0.4, 0.5) is 0 Å². The van der Waals surface area contributed by atoms with Gasteiger partial charge in [0, 0.05) is 5.02 Å². The summed E-state index contributed by atoms with van der Waals surface area (Å²) in [6.07, 6.45) is -0.246. The van der Waals surface area contributed by atoms with Gasteiger partial charge in [0.15, 0.2) is 11.8 Å². The fourth-order valence-corrected chi connectivity index (χ4v) is 2.10. The summed E-state index contributed by atoms with van der Waals surface area (Å²) in [6.45, 7) is 0. The Morgan fingerprint density at radius 2 is 2.19 bits per heavy atom. The number of carbonyl (C=O) groups is 1. The number of nitrogens with one attached hydrogen (secondary N) is 1. The number of furan rings is 1. The number of H-pyrrole nitrogens is 1. The predicted octanol–water partition coefficient (Wildman–Crippen LogP) is 2.09. The topological polar surface area (TPSA) is 96.2 Å². The monoisotopic (exact) mass is 304 g/mol. The first-order valence-electron chi connectivity index (χ1n) is 6.01. The quantitative estimate of drug-likeness (QED) is 0.722. The molecule has 0 radical (unpaired) electrons. The third-order valence-corrected chi connectivity index (χ3v) is 3.18. The van der Waals surface area contributed by atoms with Crippen LogP contribution in [0.1, 0.15) is 22.4 Å². The van der Waals surface area contributed by atoms with E-state index in [-0.39, 0.29) is 11.5 Å². The Kier molecular flexibility index (Phi) is 3.32. The standard InChI is InChI=1S/C14H9ClN2O4/c15-7-3-4-8-9(6-7)17-14(20)11(16-8)13(19)12(18)10-2-1-5-21-10/h1-6,12,18H,(H,17,20)/t12-/m0/s1. The van der Waals surface area contributed by atoms with Crippen molar-refractivity contribution in [3.8, 4) is 0 Å². The number of carbonyl (C=O) groups excluding carboxylic acids is 1. The van der Waals surface area contributed by atoms with Gasteiger partial charge in [0.25, 0.3) is 5.56 Å². The molecule has 0 unspecified atom stereocenters. The highest BCUT2D eigenvalue weighted by atomic mass is 35.5. The highest BCUT2D eigenvalue weighted by Gasteiger charge is 2.25. The van der Waals surface area contributed by atoms with Crippen LogP contribution in [0.5, 0.6) is 0 Å². The zero-order valence-electron chi connectivity index (χ0n) is 10.5. The second kappa shape index (κ2) is 5.16. The van der Waals surface area contributed by atoms with Crippen molar-refractivity contribution in [2.75, 3.05) is 0 Å². The van der Waals surface area contributed by atoms with Gasteiger partial charge < -0.3 is 14.5 Å². The smallest absolute Gasteiger partial charge is 0.278 e. The number of aromatic nitrogens is 2. The molecule has 3 aromatic rings. The zero-order valence-corrected chi connectivity index (χ0v) is 11.3. The summed E-state index contributed by atoms with van der Waals surface area (Å²) < 4.78 is 4.95. The van der Waals surface area contributed by atoms with Gasteiger partial charge in [-0.2, -0.15) is 0 Å². The predicted molar refractivity (Wildman–Crippen MR) is 75.4 cm³/mol. The van der Waals surface area contributed by atoms with E-state index < -0.39 is 17.4 Å².